The van der Waals surface area contributed by atoms with E-state index in [-0.39, 0.29) is 0 Å². The van der Waals surface area contributed by atoms with Gasteiger partial charge in [-0.25, -0.2) is 0 Å². The topological polar surface area (TPSA) is 15.3 Å². The molecular formula is C9H17ClN2. The third-order valence-corrected chi connectivity index (χ3v) is 2.43. The first-order valence-electron chi connectivity index (χ1n) is 4.43. The van der Waals surface area contributed by atoms with Crippen LogP contribution in [0.1, 0.15) is 12.8 Å². The van der Waals surface area contributed by atoms with Crippen LogP contribution >= 0.6 is 11.6 Å². The number of hydrogen-bond donors (Lipinski definition) is 1. The SMILES string of the molecule is C=C(Cl)CNC1CCN(C)CC1. The molecule has 2 nitrogen and oxygen atoms in total. The molecule has 0 aliphatic carbocycles. The summed E-state index contributed by atoms with van der Waals surface area (Å²) < 4.78 is 0. The molecule has 12 heavy (non-hydrogen) atoms. The zero-order chi connectivity index (χ0) is 8.97. The van der Waals surface area contributed by atoms with Crippen LogP contribution in [0, 0.1) is 0 Å². The minimum absolute atomic E-state index is 0.636. The van der Waals surface area contributed by atoms with E-state index >= 15 is 0 Å². The van der Waals surface area contributed by atoms with Crippen LogP contribution in [0.3, 0.4) is 0 Å². The number of piperidine rings is 1. The van der Waals surface area contributed by atoms with Crippen molar-refractivity contribution in [1.82, 2.24) is 10.2 Å². The van der Waals surface area contributed by atoms with Crippen molar-refractivity contribution in [3.8, 4) is 0 Å². The summed E-state index contributed by atoms with van der Waals surface area (Å²) in [7, 11) is 2.16. The molecule has 1 rings (SSSR count). The Morgan fingerprint density at radius 1 is 1.58 bits per heavy atom. The van der Waals surface area contributed by atoms with Crippen molar-refractivity contribution in [1.29, 1.82) is 0 Å². The van der Waals surface area contributed by atoms with Gasteiger partial charge in [-0.15, -0.1) is 0 Å². The number of rotatable bonds is 3. The highest BCUT2D eigenvalue weighted by Crippen LogP contribution is 2.08. The summed E-state index contributed by atoms with van der Waals surface area (Å²) in [6.45, 7) is 6.77. The Morgan fingerprint density at radius 2 is 2.17 bits per heavy atom. The van der Waals surface area contributed by atoms with Gasteiger partial charge in [-0.3, -0.25) is 0 Å². The van der Waals surface area contributed by atoms with Gasteiger partial charge in [0.05, 0.1) is 0 Å². The van der Waals surface area contributed by atoms with Crippen LogP contribution in [0.15, 0.2) is 11.6 Å². The summed E-state index contributed by atoms with van der Waals surface area (Å²) in [5, 5.41) is 4.09. The highest BCUT2D eigenvalue weighted by atomic mass is 35.5. The van der Waals surface area contributed by atoms with Crippen molar-refractivity contribution in [2.75, 3.05) is 26.7 Å². The molecule has 0 aromatic rings. The fourth-order valence-corrected chi connectivity index (χ4v) is 1.54. The molecule has 0 unspecified atom stereocenters. The second-order valence-electron chi connectivity index (χ2n) is 3.48. The van der Waals surface area contributed by atoms with Gasteiger partial charge >= 0.3 is 0 Å². The van der Waals surface area contributed by atoms with Gasteiger partial charge in [-0.1, -0.05) is 18.2 Å². The zero-order valence-corrected chi connectivity index (χ0v) is 8.40. The maximum Gasteiger partial charge on any atom is 0.0310 e. The van der Waals surface area contributed by atoms with Gasteiger partial charge in [0, 0.05) is 17.6 Å². The monoisotopic (exact) mass is 188 g/mol. The van der Waals surface area contributed by atoms with E-state index in [1.165, 1.54) is 25.9 Å². The first-order chi connectivity index (χ1) is 5.68. The minimum Gasteiger partial charge on any atom is -0.309 e. The second-order valence-corrected chi connectivity index (χ2v) is 4.01. The van der Waals surface area contributed by atoms with Crippen molar-refractivity contribution in [3.05, 3.63) is 11.6 Å². The number of nitrogens with zero attached hydrogens (tertiary/aromatic N) is 1. The highest BCUT2D eigenvalue weighted by Gasteiger charge is 2.15. The molecule has 70 valence electrons. The van der Waals surface area contributed by atoms with Gasteiger partial charge in [0.25, 0.3) is 0 Å². The predicted octanol–water partition coefficient (Wildman–Crippen LogP) is 1.42. The van der Waals surface area contributed by atoms with Gasteiger partial charge < -0.3 is 10.2 Å². The summed E-state index contributed by atoms with van der Waals surface area (Å²) in [6.07, 6.45) is 2.45. The van der Waals surface area contributed by atoms with Crippen LogP contribution in [-0.2, 0) is 0 Å². The summed E-state index contributed by atoms with van der Waals surface area (Å²) in [4.78, 5) is 2.35. The van der Waals surface area contributed by atoms with Crippen LogP contribution in [0.5, 0.6) is 0 Å². The third-order valence-electron chi connectivity index (χ3n) is 2.30. The van der Waals surface area contributed by atoms with E-state index in [1.807, 2.05) is 0 Å². The number of halogens is 1. The fourth-order valence-electron chi connectivity index (χ4n) is 1.47. The molecule has 0 radical (unpaired) electrons. The van der Waals surface area contributed by atoms with E-state index in [4.69, 9.17) is 11.6 Å². The molecule has 1 heterocycles. The van der Waals surface area contributed by atoms with Crippen molar-refractivity contribution < 1.29 is 0 Å². The standard InChI is InChI=1S/C9H17ClN2/c1-8(10)7-11-9-3-5-12(2)6-4-9/h9,11H,1,3-7H2,2H3. The molecule has 0 saturated carbocycles. The number of likely N-dealkylation sites (tertiary alicyclic amines) is 1. The van der Waals surface area contributed by atoms with E-state index in [0.717, 1.165) is 6.54 Å². The van der Waals surface area contributed by atoms with E-state index in [0.29, 0.717) is 11.1 Å². The van der Waals surface area contributed by atoms with Crippen LogP contribution in [0.4, 0.5) is 0 Å². The molecule has 1 aliphatic rings. The molecular weight excluding hydrogens is 172 g/mol. The number of nitrogens with one attached hydrogen (secondary N) is 1. The largest absolute Gasteiger partial charge is 0.309 e. The van der Waals surface area contributed by atoms with E-state index in [9.17, 15) is 0 Å². The highest BCUT2D eigenvalue weighted by molar-refractivity contribution is 6.29. The predicted molar refractivity (Wildman–Crippen MR) is 53.5 cm³/mol. The average Bonchev–Trinajstić information content (AvgIpc) is 2.03. The van der Waals surface area contributed by atoms with Gasteiger partial charge in [-0.05, 0) is 33.0 Å². The van der Waals surface area contributed by atoms with Crippen LogP contribution in [-0.4, -0.2) is 37.6 Å². The molecule has 1 fully saturated rings. The molecule has 1 N–H and O–H groups in total. The fraction of sp³-hybridized carbons (Fsp3) is 0.778. The lowest BCUT2D eigenvalue weighted by Gasteiger charge is -2.29. The molecule has 1 aliphatic heterocycles. The van der Waals surface area contributed by atoms with Gasteiger partial charge in [0.1, 0.15) is 0 Å². The lowest BCUT2D eigenvalue weighted by Crippen LogP contribution is -2.41. The summed E-state index contributed by atoms with van der Waals surface area (Å²) in [5.74, 6) is 0. The Labute approximate surface area is 79.6 Å². The van der Waals surface area contributed by atoms with Crippen molar-refractivity contribution >= 4 is 11.6 Å². The summed E-state index contributed by atoms with van der Waals surface area (Å²) in [6, 6.07) is 0.636. The Kier molecular flexibility index (Phi) is 4.06. The van der Waals surface area contributed by atoms with Crippen LogP contribution in [0.25, 0.3) is 0 Å². The average molecular weight is 189 g/mol. The van der Waals surface area contributed by atoms with E-state index in [1.54, 1.807) is 0 Å². The van der Waals surface area contributed by atoms with Gasteiger partial charge in [0.2, 0.25) is 0 Å². The van der Waals surface area contributed by atoms with Crippen LogP contribution in [0.2, 0.25) is 0 Å². The third kappa shape index (κ3) is 3.57. The van der Waals surface area contributed by atoms with E-state index in [2.05, 4.69) is 23.8 Å². The first-order valence-corrected chi connectivity index (χ1v) is 4.81. The summed E-state index contributed by atoms with van der Waals surface area (Å²) in [5.41, 5.74) is 0. The van der Waals surface area contributed by atoms with Gasteiger partial charge in [0.15, 0.2) is 0 Å². The van der Waals surface area contributed by atoms with Crippen molar-refractivity contribution in [2.24, 2.45) is 0 Å². The lowest BCUT2D eigenvalue weighted by atomic mass is 10.1. The molecule has 0 aromatic carbocycles. The quantitative estimate of drug-likeness (QED) is 0.721. The number of hydrogen-bond acceptors (Lipinski definition) is 2. The molecule has 1 saturated heterocycles. The minimum atomic E-state index is 0.636. The first kappa shape index (κ1) is 10.0. The second kappa shape index (κ2) is 4.85. The maximum atomic E-state index is 5.66. The normalized spacial score (nSPS) is 21.2. The molecule has 0 aromatic heterocycles. The Bertz CT molecular complexity index is 151. The Morgan fingerprint density at radius 3 is 2.67 bits per heavy atom. The molecule has 0 amide bonds. The molecule has 0 spiro atoms. The smallest absolute Gasteiger partial charge is 0.0310 e. The summed E-state index contributed by atoms with van der Waals surface area (Å²) >= 11 is 5.66. The molecule has 3 heteroatoms. The van der Waals surface area contributed by atoms with Crippen molar-refractivity contribution in [2.45, 2.75) is 18.9 Å². The lowest BCUT2D eigenvalue weighted by molar-refractivity contribution is 0.237. The van der Waals surface area contributed by atoms with Crippen molar-refractivity contribution in [3.63, 3.8) is 0 Å². The van der Waals surface area contributed by atoms with E-state index < -0.39 is 0 Å². The van der Waals surface area contributed by atoms with Crippen LogP contribution < -0.4 is 5.32 Å². The Balaban J connectivity index is 2.13. The van der Waals surface area contributed by atoms with Gasteiger partial charge in [-0.2, -0.15) is 0 Å². The molecule has 0 atom stereocenters. The Hall–Kier alpha value is -0.0500. The molecule has 0 bridgehead atoms. The maximum absolute atomic E-state index is 5.66. The zero-order valence-electron chi connectivity index (χ0n) is 7.65.